The second-order valence-corrected chi connectivity index (χ2v) is 3.38. The van der Waals surface area contributed by atoms with Crippen LogP contribution in [-0.4, -0.2) is 18.7 Å². The molecule has 0 saturated heterocycles. The number of rotatable bonds is 3. The zero-order chi connectivity index (χ0) is 8.97. The normalized spacial score (nSPS) is 12.9. The quantitative estimate of drug-likeness (QED) is 0.857. The fourth-order valence-electron chi connectivity index (χ4n) is 0.889. The van der Waals surface area contributed by atoms with Crippen LogP contribution in [0.3, 0.4) is 0 Å². The molecule has 0 amide bonds. The molecule has 0 radical (unpaired) electrons. The summed E-state index contributed by atoms with van der Waals surface area (Å²) in [6.07, 6.45) is 1.72. The number of hydrogen-bond donors (Lipinski definition) is 1. The molecular weight excluding hydrogens is 220 g/mol. The van der Waals surface area contributed by atoms with Crippen molar-refractivity contribution in [3.05, 3.63) is 28.5 Å². The summed E-state index contributed by atoms with van der Waals surface area (Å²) in [7, 11) is 1.62. The summed E-state index contributed by atoms with van der Waals surface area (Å²) >= 11 is 3.35. The van der Waals surface area contributed by atoms with Crippen LogP contribution in [0.4, 0.5) is 0 Å². The van der Waals surface area contributed by atoms with Gasteiger partial charge < -0.3 is 10.5 Å². The number of aromatic nitrogens is 1. The van der Waals surface area contributed by atoms with Crippen molar-refractivity contribution in [3.8, 4) is 0 Å². The molecule has 0 aliphatic heterocycles. The summed E-state index contributed by atoms with van der Waals surface area (Å²) in [5.74, 6) is 0. The first kappa shape index (κ1) is 9.64. The van der Waals surface area contributed by atoms with E-state index in [1.807, 2.05) is 12.1 Å². The molecule has 12 heavy (non-hydrogen) atoms. The Morgan fingerprint density at radius 1 is 1.75 bits per heavy atom. The lowest BCUT2D eigenvalue weighted by atomic mass is 10.2. The van der Waals surface area contributed by atoms with E-state index < -0.39 is 0 Å². The maximum absolute atomic E-state index is 5.77. The Hall–Kier alpha value is -0.450. The highest BCUT2D eigenvalue weighted by molar-refractivity contribution is 9.10. The molecule has 1 heterocycles. The Morgan fingerprint density at radius 2 is 2.50 bits per heavy atom. The monoisotopic (exact) mass is 230 g/mol. The lowest BCUT2D eigenvalue weighted by Gasteiger charge is -2.09. The van der Waals surface area contributed by atoms with Crippen LogP contribution in [0.25, 0.3) is 0 Å². The summed E-state index contributed by atoms with van der Waals surface area (Å²) in [6, 6.07) is 3.61. The van der Waals surface area contributed by atoms with Crippen molar-refractivity contribution in [2.75, 3.05) is 13.7 Å². The molecule has 0 saturated carbocycles. The Balaban J connectivity index is 2.73. The van der Waals surface area contributed by atoms with Gasteiger partial charge in [0.25, 0.3) is 0 Å². The Labute approximate surface area is 80.1 Å². The zero-order valence-electron chi connectivity index (χ0n) is 6.83. The molecule has 1 aromatic rings. The van der Waals surface area contributed by atoms with Gasteiger partial charge in [-0.05, 0) is 12.1 Å². The van der Waals surface area contributed by atoms with Crippen molar-refractivity contribution in [1.82, 2.24) is 4.98 Å². The average Bonchev–Trinajstić information content (AvgIpc) is 2.05. The maximum Gasteiger partial charge on any atom is 0.0708 e. The highest BCUT2D eigenvalue weighted by Crippen LogP contribution is 2.13. The molecule has 1 unspecified atom stereocenters. The third kappa shape index (κ3) is 2.55. The molecule has 1 aromatic heterocycles. The molecule has 0 aliphatic rings. The number of pyridine rings is 1. The van der Waals surface area contributed by atoms with E-state index in [9.17, 15) is 0 Å². The van der Waals surface area contributed by atoms with E-state index in [1.165, 1.54) is 0 Å². The van der Waals surface area contributed by atoms with E-state index in [-0.39, 0.29) is 6.04 Å². The zero-order valence-corrected chi connectivity index (χ0v) is 8.41. The van der Waals surface area contributed by atoms with E-state index in [2.05, 4.69) is 20.9 Å². The van der Waals surface area contributed by atoms with Gasteiger partial charge in [-0.15, -0.1) is 0 Å². The Kier molecular flexibility index (Phi) is 3.65. The fraction of sp³-hybridized carbons (Fsp3) is 0.375. The SMILES string of the molecule is COCC(N)c1cc(Br)ccn1. The summed E-state index contributed by atoms with van der Waals surface area (Å²) in [5, 5.41) is 0. The Bertz CT molecular complexity index is 255. The van der Waals surface area contributed by atoms with Crippen LogP contribution in [-0.2, 0) is 4.74 Å². The Morgan fingerprint density at radius 3 is 3.08 bits per heavy atom. The van der Waals surface area contributed by atoms with E-state index in [1.54, 1.807) is 13.3 Å². The number of ether oxygens (including phenoxy) is 1. The molecule has 66 valence electrons. The largest absolute Gasteiger partial charge is 0.383 e. The molecule has 0 aromatic carbocycles. The molecule has 0 fully saturated rings. The van der Waals surface area contributed by atoms with Gasteiger partial charge in [-0.1, -0.05) is 15.9 Å². The molecule has 1 rings (SSSR count). The van der Waals surface area contributed by atoms with Crippen molar-refractivity contribution in [2.45, 2.75) is 6.04 Å². The summed E-state index contributed by atoms with van der Waals surface area (Å²) < 4.78 is 5.90. The van der Waals surface area contributed by atoms with Crippen molar-refractivity contribution in [2.24, 2.45) is 5.73 Å². The van der Waals surface area contributed by atoms with Gasteiger partial charge in [0.05, 0.1) is 18.3 Å². The number of hydrogen-bond acceptors (Lipinski definition) is 3. The molecule has 0 aliphatic carbocycles. The molecule has 0 bridgehead atoms. The number of nitrogens with zero attached hydrogens (tertiary/aromatic N) is 1. The van der Waals surface area contributed by atoms with Gasteiger partial charge in [0.1, 0.15) is 0 Å². The summed E-state index contributed by atoms with van der Waals surface area (Å²) in [5.41, 5.74) is 6.61. The van der Waals surface area contributed by atoms with Gasteiger partial charge in [0, 0.05) is 17.8 Å². The van der Waals surface area contributed by atoms with E-state index in [0.29, 0.717) is 6.61 Å². The smallest absolute Gasteiger partial charge is 0.0708 e. The minimum atomic E-state index is -0.146. The number of methoxy groups -OCH3 is 1. The van der Waals surface area contributed by atoms with Gasteiger partial charge in [-0.2, -0.15) is 0 Å². The second kappa shape index (κ2) is 4.54. The standard InChI is InChI=1S/C8H11BrN2O/c1-12-5-7(10)8-4-6(9)2-3-11-8/h2-4,7H,5,10H2,1H3. The van der Waals surface area contributed by atoms with Crippen LogP contribution in [0.1, 0.15) is 11.7 Å². The highest BCUT2D eigenvalue weighted by atomic mass is 79.9. The van der Waals surface area contributed by atoms with Gasteiger partial charge in [0.15, 0.2) is 0 Å². The molecule has 1 atom stereocenters. The van der Waals surface area contributed by atoms with Crippen molar-refractivity contribution < 1.29 is 4.74 Å². The minimum Gasteiger partial charge on any atom is -0.383 e. The van der Waals surface area contributed by atoms with Crippen LogP contribution in [0.5, 0.6) is 0 Å². The van der Waals surface area contributed by atoms with Crippen LogP contribution < -0.4 is 5.73 Å². The molecular formula is C8H11BrN2O. The van der Waals surface area contributed by atoms with Gasteiger partial charge in [-0.25, -0.2) is 0 Å². The molecule has 2 N–H and O–H groups in total. The van der Waals surface area contributed by atoms with Gasteiger partial charge in [-0.3, -0.25) is 4.98 Å². The predicted molar refractivity (Wildman–Crippen MR) is 50.7 cm³/mol. The van der Waals surface area contributed by atoms with Crippen LogP contribution >= 0.6 is 15.9 Å². The van der Waals surface area contributed by atoms with Gasteiger partial charge in [0.2, 0.25) is 0 Å². The van der Waals surface area contributed by atoms with Crippen molar-refractivity contribution in [1.29, 1.82) is 0 Å². The molecule has 0 spiro atoms. The first-order valence-electron chi connectivity index (χ1n) is 3.60. The fourth-order valence-corrected chi connectivity index (χ4v) is 1.24. The first-order valence-corrected chi connectivity index (χ1v) is 4.39. The van der Waals surface area contributed by atoms with E-state index in [4.69, 9.17) is 10.5 Å². The average molecular weight is 231 g/mol. The minimum absolute atomic E-state index is 0.146. The predicted octanol–water partition coefficient (Wildman–Crippen LogP) is 1.49. The third-order valence-electron chi connectivity index (χ3n) is 1.47. The lowest BCUT2D eigenvalue weighted by Crippen LogP contribution is -2.17. The number of halogens is 1. The summed E-state index contributed by atoms with van der Waals surface area (Å²) in [4.78, 5) is 4.12. The molecule has 4 heteroatoms. The van der Waals surface area contributed by atoms with Crippen LogP contribution in [0, 0.1) is 0 Å². The van der Waals surface area contributed by atoms with Crippen molar-refractivity contribution in [3.63, 3.8) is 0 Å². The first-order chi connectivity index (χ1) is 5.74. The van der Waals surface area contributed by atoms with Crippen LogP contribution in [0.2, 0.25) is 0 Å². The van der Waals surface area contributed by atoms with Crippen LogP contribution in [0.15, 0.2) is 22.8 Å². The van der Waals surface area contributed by atoms with E-state index >= 15 is 0 Å². The third-order valence-corrected chi connectivity index (χ3v) is 1.96. The molecule has 3 nitrogen and oxygen atoms in total. The second-order valence-electron chi connectivity index (χ2n) is 2.46. The highest BCUT2D eigenvalue weighted by Gasteiger charge is 2.06. The van der Waals surface area contributed by atoms with Crippen molar-refractivity contribution >= 4 is 15.9 Å². The number of nitrogens with two attached hydrogens (primary N) is 1. The van der Waals surface area contributed by atoms with E-state index in [0.717, 1.165) is 10.2 Å². The maximum atomic E-state index is 5.77. The topological polar surface area (TPSA) is 48.1 Å². The van der Waals surface area contributed by atoms with Gasteiger partial charge >= 0.3 is 0 Å². The lowest BCUT2D eigenvalue weighted by molar-refractivity contribution is 0.179. The summed E-state index contributed by atoms with van der Waals surface area (Å²) in [6.45, 7) is 0.490.